The van der Waals surface area contributed by atoms with E-state index in [0.717, 1.165) is 33.8 Å². The van der Waals surface area contributed by atoms with Crippen molar-refractivity contribution in [2.45, 2.75) is 24.8 Å². The molecule has 3 aromatic carbocycles. The Labute approximate surface area is 209 Å². The maximum atomic E-state index is 13.8. The van der Waals surface area contributed by atoms with Crippen LogP contribution in [0.15, 0.2) is 71.9 Å². The van der Waals surface area contributed by atoms with Crippen molar-refractivity contribution in [2.75, 3.05) is 32.0 Å². The summed E-state index contributed by atoms with van der Waals surface area (Å²) in [7, 11) is 4.77. The number of rotatable bonds is 5. The van der Waals surface area contributed by atoms with Gasteiger partial charge in [0, 0.05) is 22.7 Å². The van der Waals surface area contributed by atoms with Crippen molar-refractivity contribution in [1.82, 2.24) is 0 Å². The Kier molecular flexibility index (Phi) is 6.31. The van der Waals surface area contributed by atoms with E-state index in [1.165, 1.54) is 0 Å². The van der Waals surface area contributed by atoms with Crippen molar-refractivity contribution in [1.29, 1.82) is 0 Å². The predicted molar refractivity (Wildman–Crippen MR) is 138 cm³/mol. The van der Waals surface area contributed by atoms with Crippen molar-refractivity contribution >= 4 is 28.8 Å². The molecule has 0 bridgehead atoms. The summed E-state index contributed by atoms with van der Waals surface area (Å²) >= 11 is 6.60. The Morgan fingerprint density at radius 2 is 1.51 bits per heavy atom. The van der Waals surface area contributed by atoms with Crippen LogP contribution < -0.4 is 24.8 Å². The number of para-hydroxylation sites is 2. The lowest BCUT2D eigenvalue weighted by Crippen LogP contribution is -2.27. The van der Waals surface area contributed by atoms with Crippen molar-refractivity contribution in [3.05, 3.63) is 88.1 Å². The SMILES string of the molecule is COc1cc([C@@H]2CC(=O)C3=C(C2)Nc2ccccc2N[C@@H]3c2ccccc2Cl)cc(OC)c1OC. The highest BCUT2D eigenvalue weighted by Gasteiger charge is 2.37. The molecule has 0 fully saturated rings. The lowest BCUT2D eigenvalue weighted by Gasteiger charge is -2.30. The summed E-state index contributed by atoms with van der Waals surface area (Å²) in [4.78, 5) is 13.8. The van der Waals surface area contributed by atoms with E-state index in [0.29, 0.717) is 35.1 Å². The van der Waals surface area contributed by atoms with Gasteiger partial charge in [0.2, 0.25) is 5.75 Å². The number of anilines is 2. The highest BCUT2D eigenvalue weighted by Crippen LogP contribution is 2.47. The Balaban J connectivity index is 1.61. The van der Waals surface area contributed by atoms with E-state index in [4.69, 9.17) is 25.8 Å². The molecule has 0 amide bonds. The van der Waals surface area contributed by atoms with Crippen LogP contribution in [0, 0.1) is 0 Å². The minimum atomic E-state index is -0.358. The number of carbonyl (C=O) groups is 1. The molecule has 0 unspecified atom stereocenters. The van der Waals surface area contributed by atoms with Crippen LogP contribution in [0.1, 0.15) is 35.9 Å². The minimum absolute atomic E-state index is 0.0559. The smallest absolute Gasteiger partial charge is 0.203 e. The summed E-state index contributed by atoms with van der Waals surface area (Å²) in [5, 5.41) is 7.75. The molecule has 1 heterocycles. The molecule has 0 radical (unpaired) electrons. The highest BCUT2D eigenvalue weighted by molar-refractivity contribution is 6.31. The molecule has 0 saturated heterocycles. The van der Waals surface area contributed by atoms with Gasteiger partial charge in [-0.15, -0.1) is 0 Å². The zero-order chi connectivity index (χ0) is 24.5. The molecular weight excluding hydrogens is 464 g/mol. The standard InChI is InChI=1S/C28H27ClN2O4/c1-33-24-14-17(15-25(34-2)28(24)35-3)16-12-22-26(23(32)13-16)27(18-8-4-5-9-19(18)29)31-21-11-7-6-10-20(21)30-22/h4-11,14-16,27,30-31H,12-13H2,1-3H3/t16-,27+/m0/s1. The van der Waals surface area contributed by atoms with Crippen molar-refractivity contribution in [3.8, 4) is 17.2 Å². The summed E-state index contributed by atoms with van der Waals surface area (Å²) in [5.74, 6) is 1.69. The number of halogens is 1. The van der Waals surface area contributed by atoms with Gasteiger partial charge in [0.05, 0.1) is 38.7 Å². The molecular formula is C28H27ClN2O4. The zero-order valence-electron chi connectivity index (χ0n) is 19.9. The fraction of sp³-hybridized carbons (Fsp3) is 0.250. The molecule has 0 aromatic heterocycles. The second-order valence-electron chi connectivity index (χ2n) is 8.65. The second-order valence-corrected chi connectivity index (χ2v) is 9.06. The van der Waals surface area contributed by atoms with E-state index in [1.807, 2.05) is 60.7 Å². The number of methoxy groups -OCH3 is 3. The normalized spacial score (nSPS) is 19.0. The average Bonchev–Trinajstić information content (AvgIpc) is 3.04. The van der Waals surface area contributed by atoms with E-state index < -0.39 is 0 Å². The number of carbonyl (C=O) groups excluding carboxylic acids is 1. The molecule has 6 nitrogen and oxygen atoms in total. The molecule has 7 heteroatoms. The summed E-state index contributed by atoms with van der Waals surface area (Å²) in [6.07, 6.45) is 1.01. The van der Waals surface area contributed by atoms with Crippen LogP contribution in [0.5, 0.6) is 17.2 Å². The van der Waals surface area contributed by atoms with Gasteiger partial charge in [0.1, 0.15) is 0 Å². The van der Waals surface area contributed by atoms with E-state index in [1.54, 1.807) is 21.3 Å². The molecule has 1 aliphatic carbocycles. The monoisotopic (exact) mass is 490 g/mol. The first-order chi connectivity index (χ1) is 17.0. The largest absolute Gasteiger partial charge is 0.493 e. The van der Waals surface area contributed by atoms with Gasteiger partial charge in [-0.05, 0) is 53.8 Å². The maximum Gasteiger partial charge on any atom is 0.203 e. The number of hydrogen-bond donors (Lipinski definition) is 2. The van der Waals surface area contributed by atoms with Gasteiger partial charge >= 0.3 is 0 Å². The van der Waals surface area contributed by atoms with Crippen LogP contribution in [0.3, 0.4) is 0 Å². The van der Waals surface area contributed by atoms with E-state index in [-0.39, 0.29) is 17.7 Å². The molecule has 5 rings (SSSR count). The first kappa shape index (κ1) is 23.1. The highest BCUT2D eigenvalue weighted by atomic mass is 35.5. The number of benzene rings is 3. The third-order valence-electron chi connectivity index (χ3n) is 6.68. The Morgan fingerprint density at radius 1 is 0.857 bits per heavy atom. The number of allylic oxidation sites excluding steroid dienone is 1. The maximum absolute atomic E-state index is 13.8. The molecule has 3 aromatic rings. The number of ether oxygens (including phenoxy) is 3. The minimum Gasteiger partial charge on any atom is -0.493 e. The summed E-state index contributed by atoms with van der Waals surface area (Å²) in [5.41, 5.74) is 5.29. The molecule has 0 saturated carbocycles. The van der Waals surface area contributed by atoms with Crippen molar-refractivity contribution in [3.63, 3.8) is 0 Å². The molecule has 0 spiro atoms. The third-order valence-corrected chi connectivity index (χ3v) is 7.03. The first-order valence-corrected chi connectivity index (χ1v) is 11.8. The summed E-state index contributed by atoms with van der Waals surface area (Å²) < 4.78 is 16.6. The number of Topliss-reactive ketones (excluding diaryl/α,β-unsaturated/α-hetero) is 1. The van der Waals surface area contributed by atoms with Crippen LogP contribution >= 0.6 is 11.6 Å². The van der Waals surface area contributed by atoms with E-state index in [9.17, 15) is 4.79 Å². The van der Waals surface area contributed by atoms with Crippen LogP contribution in [0.2, 0.25) is 5.02 Å². The first-order valence-electron chi connectivity index (χ1n) is 11.5. The van der Waals surface area contributed by atoms with Gasteiger partial charge in [-0.25, -0.2) is 0 Å². The van der Waals surface area contributed by atoms with Crippen LogP contribution in [0.4, 0.5) is 11.4 Å². The van der Waals surface area contributed by atoms with Crippen LogP contribution in [0.25, 0.3) is 0 Å². The number of ketones is 1. The van der Waals surface area contributed by atoms with Gasteiger partial charge in [0.15, 0.2) is 17.3 Å². The van der Waals surface area contributed by atoms with Crippen molar-refractivity contribution in [2.24, 2.45) is 0 Å². The lowest BCUT2D eigenvalue weighted by atomic mass is 9.78. The number of hydrogen-bond acceptors (Lipinski definition) is 6. The fourth-order valence-corrected chi connectivity index (χ4v) is 5.25. The van der Waals surface area contributed by atoms with Gasteiger partial charge < -0.3 is 24.8 Å². The Bertz CT molecular complexity index is 1290. The summed E-state index contributed by atoms with van der Waals surface area (Å²) in [6, 6.07) is 19.1. The fourth-order valence-electron chi connectivity index (χ4n) is 5.01. The second kappa shape index (κ2) is 9.55. The van der Waals surface area contributed by atoms with Gasteiger partial charge in [-0.3, -0.25) is 4.79 Å². The number of fused-ring (bicyclic) bond motifs is 1. The molecule has 2 atom stereocenters. The van der Waals surface area contributed by atoms with Gasteiger partial charge in [-0.1, -0.05) is 41.9 Å². The Morgan fingerprint density at radius 3 is 2.17 bits per heavy atom. The van der Waals surface area contributed by atoms with E-state index >= 15 is 0 Å². The number of nitrogens with one attached hydrogen (secondary N) is 2. The summed E-state index contributed by atoms with van der Waals surface area (Å²) in [6.45, 7) is 0. The predicted octanol–water partition coefficient (Wildman–Crippen LogP) is 6.35. The third kappa shape index (κ3) is 4.19. The molecule has 180 valence electrons. The topological polar surface area (TPSA) is 68.8 Å². The molecule has 2 N–H and O–H groups in total. The van der Waals surface area contributed by atoms with Gasteiger partial charge in [0.25, 0.3) is 0 Å². The quantitative estimate of drug-likeness (QED) is 0.434. The van der Waals surface area contributed by atoms with Gasteiger partial charge in [-0.2, -0.15) is 0 Å². The molecule has 35 heavy (non-hydrogen) atoms. The van der Waals surface area contributed by atoms with E-state index in [2.05, 4.69) is 10.6 Å². The average molecular weight is 491 g/mol. The zero-order valence-corrected chi connectivity index (χ0v) is 20.6. The molecule has 1 aliphatic heterocycles. The Hall–Kier alpha value is -3.64. The van der Waals surface area contributed by atoms with Crippen LogP contribution in [-0.4, -0.2) is 27.1 Å². The van der Waals surface area contributed by atoms with Crippen LogP contribution in [-0.2, 0) is 4.79 Å². The van der Waals surface area contributed by atoms with Crippen molar-refractivity contribution < 1.29 is 19.0 Å². The molecule has 2 aliphatic rings. The lowest BCUT2D eigenvalue weighted by molar-refractivity contribution is -0.116.